The number of carbonyl (C=O) groups is 1. The lowest BCUT2D eigenvalue weighted by Crippen LogP contribution is -2.35. The number of methoxy groups -OCH3 is 1. The Kier molecular flexibility index (Phi) is 3.48. The van der Waals surface area contributed by atoms with Crippen LogP contribution in [0.5, 0.6) is 11.5 Å². The summed E-state index contributed by atoms with van der Waals surface area (Å²) < 4.78 is 5.39. The van der Waals surface area contributed by atoms with Gasteiger partial charge >= 0.3 is 0 Å². The minimum Gasteiger partial charge on any atom is -0.506 e. The molecule has 0 fully saturated rings. The van der Waals surface area contributed by atoms with E-state index in [0.717, 1.165) is 24.1 Å². The summed E-state index contributed by atoms with van der Waals surface area (Å²) in [6.45, 7) is 0.627. The number of aromatic nitrogens is 1. The van der Waals surface area contributed by atoms with Crippen molar-refractivity contribution in [1.29, 1.82) is 0 Å². The number of aromatic hydroxyl groups is 1. The number of hydrogen-bond donors (Lipinski definition) is 1. The summed E-state index contributed by atoms with van der Waals surface area (Å²) in [5, 5.41) is 9.50. The predicted molar refractivity (Wildman–Crippen MR) is 78.9 cm³/mol. The summed E-state index contributed by atoms with van der Waals surface area (Å²) in [6, 6.07) is 7.23. The molecule has 0 bridgehead atoms. The lowest BCUT2D eigenvalue weighted by Gasteiger charge is -2.30. The van der Waals surface area contributed by atoms with E-state index in [0.29, 0.717) is 17.9 Å². The molecule has 3 rings (SSSR count). The molecule has 1 aliphatic rings. The number of ether oxygens (including phenoxy) is 1. The monoisotopic (exact) mass is 284 g/mol. The smallest absolute Gasteiger partial charge is 0.260 e. The Morgan fingerprint density at radius 3 is 3.00 bits per heavy atom. The highest BCUT2D eigenvalue weighted by Gasteiger charge is 2.26. The van der Waals surface area contributed by atoms with Crippen LogP contribution < -0.4 is 9.64 Å². The Morgan fingerprint density at radius 1 is 1.38 bits per heavy atom. The van der Waals surface area contributed by atoms with Crippen molar-refractivity contribution in [3.8, 4) is 11.5 Å². The number of nitrogens with zero attached hydrogens (tertiary/aromatic N) is 2. The summed E-state index contributed by atoms with van der Waals surface area (Å²) in [5.74, 6) is 0.496. The zero-order valence-electron chi connectivity index (χ0n) is 11.7. The molecular formula is C16H16N2O3. The molecule has 0 atom stereocenters. The van der Waals surface area contributed by atoms with Crippen molar-refractivity contribution < 1.29 is 14.6 Å². The minimum absolute atomic E-state index is 0.0156. The zero-order valence-corrected chi connectivity index (χ0v) is 11.7. The van der Waals surface area contributed by atoms with E-state index in [-0.39, 0.29) is 11.7 Å². The third-order valence-electron chi connectivity index (χ3n) is 3.62. The SMILES string of the molecule is COc1cccc2c1N(C(=O)c1cncc(O)c1)CCC2. The third-order valence-corrected chi connectivity index (χ3v) is 3.62. The van der Waals surface area contributed by atoms with Crippen molar-refractivity contribution in [2.75, 3.05) is 18.6 Å². The molecule has 1 amide bonds. The van der Waals surface area contributed by atoms with E-state index < -0.39 is 0 Å². The van der Waals surface area contributed by atoms with Gasteiger partial charge in [0.1, 0.15) is 11.5 Å². The maximum atomic E-state index is 12.7. The summed E-state index contributed by atoms with van der Waals surface area (Å²) in [7, 11) is 1.60. The van der Waals surface area contributed by atoms with E-state index >= 15 is 0 Å². The van der Waals surface area contributed by atoms with Crippen molar-refractivity contribution in [2.24, 2.45) is 0 Å². The largest absolute Gasteiger partial charge is 0.506 e. The van der Waals surface area contributed by atoms with Gasteiger partial charge in [-0.05, 0) is 30.5 Å². The molecule has 2 heterocycles. The van der Waals surface area contributed by atoms with Crippen LogP contribution in [0.1, 0.15) is 22.3 Å². The maximum Gasteiger partial charge on any atom is 0.260 e. The second-order valence-electron chi connectivity index (χ2n) is 4.96. The van der Waals surface area contributed by atoms with Gasteiger partial charge in [0.05, 0.1) is 24.6 Å². The van der Waals surface area contributed by atoms with Gasteiger partial charge in [0.15, 0.2) is 0 Å². The van der Waals surface area contributed by atoms with Gasteiger partial charge < -0.3 is 14.7 Å². The van der Waals surface area contributed by atoms with Gasteiger partial charge in [-0.25, -0.2) is 0 Å². The van der Waals surface area contributed by atoms with Gasteiger partial charge in [-0.1, -0.05) is 12.1 Å². The fraction of sp³-hybridized carbons (Fsp3) is 0.250. The molecular weight excluding hydrogens is 268 g/mol. The van der Waals surface area contributed by atoms with E-state index in [1.807, 2.05) is 18.2 Å². The van der Waals surface area contributed by atoms with Gasteiger partial charge in [0, 0.05) is 12.7 Å². The van der Waals surface area contributed by atoms with E-state index in [2.05, 4.69) is 4.98 Å². The number of carbonyl (C=O) groups excluding carboxylic acids is 1. The van der Waals surface area contributed by atoms with Crippen LogP contribution in [0.25, 0.3) is 0 Å². The molecule has 5 heteroatoms. The Bertz CT molecular complexity index is 671. The number of aryl methyl sites for hydroxylation is 1. The highest BCUT2D eigenvalue weighted by atomic mass is 16.5. The number of para-hydroxylation sites is 1. The molecule has 1 aromatic carbocycles. The molecule has 1 aliphatic heterocycles. The first kappa shape index (κ1) is 13.4. The zero-order chi connectivity index (χ0) is 14.8. The molecule has 0 saturated carbocycles. The minimum atomic E-state index is -0.177. The number of fused-ring (bicyclic) bond motifs is 1. The average Bonchev–Trinajstić information content (AvgIpc) is 2.53. The van der Waals surface area contributed by atoms with Crippen LogP contribution >= 0.6 is 0 Å². The highest BCUT2D eigenvalue weighted by molar-refractivity contribution is 6.07. The van der Waals surface area contributed by atoms with Crippen LogP contribution in [0.2, 0.25) is 0 Å². The summed E-state index contributed by atoms with van der Waals surface area (Å²) in [5.41, 5.74) is 2.29. The normalized spacial score (nSPS) is 13.7. The average molecular weight is 284 g/mol. The summed E-state index contributed by atoms with van der Waals surface area (Å²) in [4.78, 5) is 18.3. The van der Waals surface area contributed by atoms with Crippen LogP contribution in [-0.2, 0) is 6.42 Å². The molecule has 0 unspecified atom stereocenters. The van der Waals surface area contributed by atoms with E-state index in [4.69, 9.17) is 4.74 Å². The van der Waals surface area contributed by atoms with E-state index in [1.54, 1.807) is 12.0 Å². The quantitative estimate of drug-likeness (QED) is 0.919. The van der Waals surface area contributed by atoms with Crippen LogP contribution in [0.3, 0.4) is 0 Å². The molecule has 21 heavy (non-hydrogen) atoms. The van der Waals surface area contributed by atoms with Crippen molar-refractivity contribution in [3.05, 3.63) is 47.8 Å². The molecule has 1 aromatic heterocycles. The number of rotatable bonds is 2. The topological polar surface area (TPSA) is 62.7 Å². The Hall–Kier alpha value is -2.56. The van der Waals surface area contributed by atoms with Gasteiger partial charge in [0.25, 0.3) is 5.91 Å². The second kappa shape index (κ2) is 5.44. The lowest BCUT2D eigenvalue weighted by atomic mass is 10.00. The number of pyridine rings is 1. The molecule has 0 spiro atoms. The number of anilines is 1. The van der Waals surface area contributed by atoms with Crippen LogP contribution in [0.4, 0.5) is 5.69 Å². The fourth-order valence-corrected chi connectivity index (χ4v) is 2.68. The molecule has 108 valence electrons. The Balaban J connectivity index is 2.04. The van der Waals surface area contributed by atoms with Crippen molar-refractivity contribution in [2.45, 2.75) is 12.8 Å². The second-order valence-corrected chi connectivity index (χ2v) is 4.96. The first-order valence-electron chi connectivity index (χ1n) is 6.82. The van der Waals surface area contributed by atoms with Gasteiger partial charge in [0.2, 0.25) is 0 Å². The van der Waals surface area contributed by atoms with Crippen molar-refractivity contribution >= 4 is 11.6 Å². The molecule has 1 N–H and O–H groups in total. The van der Waals surface area contributed by atoms with Gasteiger partial charge in [-0.3, -0.25) is 9.78 Å². The van der Waals surface area contributed by atoms with E-state index in [1.165, 1.54) is 18.5 Å². The third kappa shape index (κ3) is 2.42. The Labute approximate surface area is 122 Å². The molecule has 0 aliphatic carbocycles. The molecule has 5 nitrogen and oxygen atoms in total. The van der Waals surface area contributed by atoms with Crippen LogP contribution in [0.15, 0.2) is 36.7 Å². The van der Waals surface area contributed by atoms with Crippen molar-refractivity contribution in [3.63, 3.8) is 0 Å². The molecule has 0 radical (unpaired) electrons. The number of amides is 1. The first-order valence-corrected chi connectivity index (χ1v) is 6.82. The lowest BCUT2D eigenvalue weighted by molar-refractivity contribution is 0.0983. The summed E-state index contributed by atoms with van der Waals surface area (Å²) in [6.07, 6.45) is 4.60. The number of benzene rings is 1. The van der Waals surface area contributed by atoms with Crippen molar-refractivity contribution in [1.82, 2.24) is 4.98 Å². The summed E-state index contributed by atoms with van der Waals surface area (Å²) >= 11 is 0. The van der Waals surface area contributed by atoms with Crippen LogP contribution in [-0.4, -0.2) is 29.7 Å². The van der Waals surface area contributed by atoms with Gasteiger partial charge in [-0.15, -0.1) is 0 Å². The highest BCUT2D eigenvalue weighted by Crippen LogP contribution is 2.36. The number of hydrogen-bond acceptors (Lipinski definition) is 4. The molecule has 0 saturated heterocycles. The van der Waals surface area contributed by atoms with Crippen LogP contribution in [0, 0.1) is 0 Å². The first-order chi connectivity index (χ1) is 10.2. The standard InChI is InChI=1S/C16H16N2O3/c1-21-14-6-2-4-11-5-3-7-18(15(11)14)16(20)12-8-13(19)10-17-9-12/h2,4,6,8-10,19H,3,5,7H2,1H3. The van der Waals surface area contributed by atoms with Gasteiger partial charge in [-0.2, -0.15) is 0 Å². The fourth-order valence-electron chi connectivity index (χ4n) is 2.68. The maximum absolute atomic E-state index is 12.7. The van der Waals surface area contributed by atoms with E-state index in [9.17, 15) is 9.90 Å². The Morgan fingerprint density at radius 2 is 2.24 bits per heavy atom. The predicted octanol–water partition coefficient (Wildman–Crippen LogP) is 2.39. The molecule has 2 aromatic rings.